The third-order valence-electron chi connectivity index (χ3n) is 3.40. The quantitative estimate of drug-likeness (QED) is 0.778. The maximum Gasteiger partial charge on any atom is 0.180 e. The van der Waals surface area contributed by atoms with Crippen LogP contribution in [-0.2, 0) is 13.2 Å². The maximum absolute atomic E-state index is 9.31. The van der Waals surface area contributed by atoms with Gasteiger partial charge in [-0.1, -0.05) is 41.9 Å². The first-order valence-electron chi connectivity index (χ1n) is 7.63. The van der Waals surface area contributed by atoms with Crippen LogP contribution in [0.15, 0.2) is 42.5 Å². The molecular weight excluding hydrogens is 314 g/mol. The van der Waals surface area contributed by atoms with Crippen LogP contribution in [0.5, 0.6) is 11.5 Å². The number of halogens is 1. The molecule has 0 amide bonds. The smallest absolute Gasteiger partial charge is 0.180 e. The van der Waals surface area contributed by atoms with Crippen LogP contribution >= 0.6 is 11.6 Å². The molecule has 0 aliphatic carbocycles. The van der Waals surface area contributed by atoms with Crippen LogP contribution in [0.25, 0.3) is 0 Å². The number of aliphatic hydroxyl groups is 1. The lowest BCUT2D eigenvalue weighted by Crippen LogP contribution is -2.84. The van der Waals surface area contributed by atoms with Crippen LogP contribution in [0.2, 0.25) is 5.02 Å². The van der Waals surface area contributed by atoms with Gasteiger partial charge in [0.05, 0.1) is 18.2 Å². The highest BCUT2D eigenvalue weighted by molar-refractivity contribution is 6.32. The second-order valence-corrected chi connectivity index (χ2v) is 5.87. The van der Waals surface area contributed by atoms with Gasteiger partial charge in [-0.05, 0) is 24.6 Å². The highest BCUT2D eigenvalue weighted by atomic mass is 35.5. The summed E-state index contributed by atoms with van der Waals surface area (Å²) in [6, 6.07) is 13.7. The fourth-order valence-electron chi connectivity index (χ4n) is 2.25. The lowest BCUT2D eigenvalue weighted by molar-refractivity contribution is -0.676. The maximum atomic E-state index is 9.31. The standard InChI is InChI=1S/C18H22ClNO3/c1-13(21)10-20-11-15-8-16(19)18(17(9-15)22-2)23-12-14-6-4-3-5-7-14/h3-9,13,20-21H,10-12H2,1-2H3/p+1/t13-/m0/s1. The third-order valence-corrected chi connectivity index (χ3v) is 3.68. The van der Waals surface area contributed by atoms with Crippen molar-refractivity contribution in [2.24, 2.45) is 0 Å². The first-order chi connectivity index (χ1) is 11.1. The van der Waals surface area contributed by atoms with Gasteiger partial charge in [-0.15, -0.1) is 0 Å². The fourth-order valence-corrected chi connectivity index (χ4v) is 2.54. The summed E-state index contributed by atoms with van der Waals surface area (Å²) in [5, 5.41) is 11.9. The van der Waals surface area contributed by atoms with E-state index < -0.39 is 0 Å². The lowest BCUT2D eigenvalue weighted by atomic mass is 10.2. The molecule has 0 unspecified atom stereocenters. The number of methoxy groups -OCH3 is 1. The molecule has 23 heavy (non-hydrogen) atoms. The largest absolute Gasteiger partial charge is 0.493 e. The van der Waals surface area contributed by atoms with Gasteiger partial charge in [0.25, 0.3) is 0 Å². The molecule has 0 bridgehead atoms. The third kappa shape index (κ3) is 5.43. The van der Waals surface area contributed by atoms with Crippen molar-refractivity contribution in [1.82, 2.24) is 0 Å². The summed E-state index contributed by atoms with van der Waals surface area (Å²) in [6.45, 7) is 3.57. The van der Waals surface area contributed by atoms with Gasteiger partial charge < -0.3 is 19.9 Å². The van der Waals surface area contributed by atoms with Crippen LogP contribution < -0.4 is 14.8 Å². The summed E-state index contributed by atoms with van der Waals surface area (Å²) in [4.78, 5) is 0. The highest BCUT2D eigenvalue weighted by Gasteiger charge is 2.13. The summed E-state index contributed by atoms with van der Waals surface area (Å²) in [7, 11) is 1.60. The van der Waals surface area contributed by atoms with Gasteiger partial charge in [0.1, 0.15) is 19.7 Å². The predicted octanol–water partition coefficient (Wildman–Crippen LogP) is 2.37. The molecule has 124 valence electrons. The number of benzene rings is 2. The van der Waals surface area contributed by atoms with Crippen LogP contribution in [0.4, 0.5) is 0 Å². The van der Waals surface area contributed by atoms with E-state index in [1.54, 1.807) is 14.0 Å². The van der Waals surface area contributed by atoms with Gasteiger partial charge in [0.2, 0.25) is 0 Å². The predicted molar refractivity (Wildman–Crippen MR) is 91.0 cm³/mol. The van der Waals surface area contributed by atoms with Gasteiger partial charge in [0, 0.05) is 5.56 Å². The molecule has 5 heteroatoms. The molecule has 0 fully saturated rings. The Kier molecular flexibility index (Phi) is 6.71. The monoisotopic (exact) mass is 336 g/mol. The van der Waals surface area contributed by atoms with E-state index in [2.05, 4.69) is 0 Å². The Bertz CT molecular complexity index is 617. The van der Waals surface area contributed by atoms with Crippen molar-refractivity contribution < 1.29 is 19.9 Å². The van der Waals surface area contributed by atoms with Gasteiger partial charge in [0.15, 0.2) is 11.5 Å². The molecule has 0 spiro atoms. The number of rotatable bonds is 8. The molecule has 2 aromatic rings. The Hall–Kier alpha value is -1.75. The van der Waals surface area contributed by atoms with E-state index in [0.29, 0.717) is 29.7 Å². The average molecular weight is 337 g/mol. The Labute approximate surface area is 142 Å². The minimum Gasteiger partial charge on any atom is -0.493 e. The molecule has 2 rings (SSSR count). The zero-order valence-electron chi connectivity index (χ0n) is 13.5. The lowest BCUT2D eigenvalue weighted by Gasteiger charge is -2.14. The normalized spacial score (nSPS) is 12.0. The second-order valence-electron chi connectivity index (χ2n) is 5.46. The van der Waals surface area contributed by atoms with E-state index in [9.17, 15) is 5.11 Å². The molecule has 0 aliphatic rings. The number of nitrogens with two attached hydrogens (primary N) is 1. The van der Waals surface area contributed by atoms with E-state index in [0.717, 1.165) is 17.7 Å². The molecule has 0 aliphatic heterocycles. The van der Waals surface area contributed by atoms with Crippen LogP contribution in [0, 0.1) is 0 Å². The Morgan fingerprint density at radius 2 is 1.91 bits per heavy atom. The van der Waals surface area contributed by atoms with Gasteiger partial charge in [-0.3, -0.25) is 0 Å². The molecule has 1 atom stereocenters. The number of quaternary nitrogens is 1. The summed E-state index contributed by atoms with van der Waals surface area (Å²) >= 11 is 6.35. The molecular formula is C18H23ClNO3+. The number of aliphatic hydroxyl groups excluding tert-OH is 1. The minimum atomic E-state index is -0.333. The highest BCUT2D eigenvalue weighted by Crippen LogP contribution is 2.36. The van der Waals surface area contributed by atoms with Crippen molar-refractivity contribution >= 4 is 11.6 Å². The van der Waals surface area contributed by atoms with E-state index >= 15 is 0 Å². The first-order valence-corrected chi connectivity index (χ1v) is 8.00. The molecule has 0 radical (unpaired) electrons. The number of hydrogen-bond donors (Lipinski definition) is 2. The SMILES string of the molecule is COc1cc(C[NH2+]C[C@H](C)O)cc(Cl)c1OCc1ccccc1. The fraction of sp³-hybridized carbons (Fsp3) is 0.333. The molecule has 3 N–H and O–H groups in total. The summed E-state index contributed by atoms with van der Waals surface area (Å²) in [5.41, 5.74) is 2.10. The van der Waals surface area contributed by atoms with Crippen molar-refractivity contribution in [3.8, 4) is 11.5 Å². The Balaban J connectivity index is 2.07. The summed E-state index contributed by atoms with van der Waals surface area (Å²) in [5.74, 6) is 1.17. The molecule has 2 aromatic carbocycles. The van der Waals surface area contributed by atoms with E-state index in [1.807, 2.05) is 47.8 Å². The summed E-state index contributed by atoms with van der Waals surface area (Å²) in [6.07, 6.45) is -0.333. The molecule has 0 aromatic heterocycles. The minimum absolute atomic E-state index is 0.333. The van der Waals surface area contributed by atoms with Crippen molar-refractivity contribution in [2.75, 3.05) is 13.7 Å². The van der Waals surface area contributed by atoms with Crippen LogP contribution in [0.3, 0.4) is 0 Å². The Morgan fingerprint density at radius 3 is 2.57 bits per heavy atom. The van der Waals surface area contributed by atoms with Crippen LogP contribution in [0.1, 0.15) is 18.1 Å². The van der Waals surface area contributed by atoms with E-state index in [4.69, 9.17) is 21.1 Å². The summed E-state index contributed by atoms with van der Waals surface area (Å²) < 4.78 is 11.2. The number of ether oxygens (including phenoxy) is 2. The molecule has 0 saturated carbocycles. The van der Waals surface area contributed by atoms with Crippen molar-refractivity contribution in [3.63, 3.8) is 0 Å². The van der Waals surface area contributed by atoms with E-state index in [1.165, 1.54) is 0 Å². The topological polar surface area (TPSA) is 55.3 Å². The van der Waals surface area contributed by atoms with Gasteiger partial charge >= 0.3 is 0 Å². The molecule has 4 nitrogen and oxygen atoms in total. The number of hydrogen-bond acceptors (Lipinski definition) is 3. The first kappa shape index (κ1) is 17.6. The van der Waals surface area contributed by atoms with Crippen molar-refractivity contribution in [1.29, 1.82) is 0 Å². The van der Waals surface area contributed by atoms with Gasteiger partial charge in [-0.2, -0.15) is 0 Å². The van der Waals surface area contributed by atoms with Crippen LogP contribution in [-0.4, -0.2) is 24.9 Å². The molecule has 0 heterocycles. The average Bonchev–Trinajstić information content (AvgIpc) is 2.54. The zero-order valence-corrected chi connectivity index (χ0v) is 14.2. The molecule has 0 saturated heterocycles. The van der Waals surface area contributed by atoms with Crippen molar-refractivity contribution in [2.45, 2.75) is 26.2 Å². The van der Waals surface area contributed by atoms with Crippen molar-refractivity contribution in [3.05, 3.63) is 58.6 Å². The van der Waals surface area contributed by atoms with Gasteiger partial charge in [-0.25, -0.2) is 0 Å². The Morgan fingerprint density at radius 1 is 1.17 bits per heavy atom. The zero-order chi connectivity index (χ0) is 16.7. The second kappa shape index (κ2) is 8.77. The van der Waals surface area contributed by atoms with E-state index in [-0.39, 0.29) is 6.10 Å².